The first-order valence-corrected chi connectivity index (χ1v) is 33.3. The molecule has 0 fully saturated rings. The van der Waals surface area contributed by atoms with Crippen molar-refractivity contribution >= 4 is 17.9 Å². The molecule has 0 aromatic rings. The maximum absolute atomic E-state index is 12.9. The van der Waals surface area contributed by atoms with Gasteiger partial charge in [0.05, 0.1) is 0 Å². The topological polar surface area (TPSA) is 78.9 Å². The summed E-state index contributed by atoms with van der Waals surface area (Å²) in [5, 5.41) is 0. The van der Waals surface area contributed by atoms with Crippen molar-refractivity contribution in [3.63, 3.8) is 0 Å². The Morgan fingerprint density at radius 3 is 0.747 bits per heavy atom. The van der Waals surface area contributed by atoms with Crippen LogP contribution < -0.4 is 0 Å². The lowest BCUT2D eigenvalue weighted by Gasteiger charge is -2.18. The Labute approximate surface area is 510 Å². The summed E-state index contributed by atoms with van der Waals surface area (Å²) in [4.78, 5) is 38.3. The van der Waals surface area contributed by atoms with Crippen molar-refractivity contribution in [2.45, 2.75) is 271 Å². The van der Waals surface area contributed by atoms with Gasteiger partial charge in [0, 0.05) is 19.3 Å². The fraction of sp³-hybridized carbons (Fsp3) is 0.571. The van der Waals surface area contributed by atoms with Crippen LogP contribution in [0.2, 0.25) is 0 Å². The van der Waals surface area contributed by atoms with Gasteiger partial charge in [0.2, 0.25) is 0 Å². The normalized spacial score (nSPS) is 13.3. The molecule has 0 saturated heterocycles. The number of ether oxygens (including phenoxy) is 3. The highest BCUT2D eigenvalue weighted by Gasteiger charge is 2.19. The molecule has 6 heteroatoms. The van der Waals surface area contributed by atoms with E-state index in [2.05, 4.69) is 197 Å². The lowest BCUT2D eigenvalue weighted by Crippen LogP contribution is -2.30. The Bertz CT molecular complexity index is 1940. The van der Waals surface area contributed by atoms with Crippen LogP contribution in [0.5, 0.6) is 0 Å². The summed E-state index contributed by atoms with van der Waals surface area (Å²) in [6.45, 7) is 6.22. The summed E-state index contributed by atoms with van der Waals surface area (Å²) in [5.41, 5.74) is 0. The molecule has 0 N–H and O–H groups in total. The second-order valence-electron chi connectivity index (χ2n) is 21.2. The monoisotopic (exact) mass is 1140 g/mol. The van der Waals surface area contributed by atoms with Gasteiger partial charge in [-0.2, -0.15) is 0 Å². The lowest BCUT2D eigenvalue weighted by atomic mass is 10.1. The van der Waals surface area contributed by atoms with E-state index in [1.165, 1.54) is 70.6 Å². The first-order chi connectivity index (χ1) is 41.0. The first kappa shape index (κ1) is 77.5. The van der Waals surface area contributed by atoms with Gasteiger partial charge in [-0.05, 0) is 141 Å². The summed E-state index contributed by atoms with van der Waals surface area (Å²) in [5.74, 6) is -1.02. The Morgan fingerprint density at radius 2 is 0.458 bits per heavy atom. The van der Waals surface area contributed by atoms with E-state index in [0.29, 0.717) is 19.3 Å². The van der Waals surface area contributed by atoms with E-state index in [9.17, 15) is 14.4 Å². The highest BCUT2D eigenvalue weighted by atomic mass is 16.6. The number of hydrogen-bond acceptors (Lipinski definition) is 6. The maximum Gasteiger partial charge on any atom is 0.306 e. The summed E-state index contributed by atoms with van der Waals surface area (Å²) in [6.07, 6.45) is 103. The Morgan fingerprint density at radius 1 is 0.241 bits per heavy atom. The van der Waals surface area contributed by atoms with E-state index >= 15 is 0 Å². The second kappa shape index (κ2) is 69.0. The lowest BCUT2D eigenvalue weighted by molar-refractivity contribution is -0.166. The summed E-state index contributed by atoms with van der Waals surface area (Å²) < 4.78 is 16.9. The van der Waals surface area contributed by atoms with Gasteiger partial charge in [0.15, 0.2) is 6.10 Å². The molecule has 0 heterocycles. The van der Waals surface area contributed by atoms with Gasteiger partial charge >= 0.3 is 17.9 Å². The van der Waals surface area contributed by atoms with E-state index in [0.717, 1.165) is 148 Å². The standard InChI is InChI=1S/C77H120O6/c1-4-7-10-13-16-19-22-25-27-29-31-33-35-37-38-40-41-43-45-47-49-52-55-58-61-64-67-70-76(79)82-73-74(72-81-75(78)69-66-63-60-57-54-51-24-21-18-15-12-9-6-3)83-77(80)71-68-65-62-59-56-53-50-48-46-44-42-39-36-34-32-30-28-26-23-20-17-14-11-8-5-2/h7-12,16-21,25-28,31-34,37-39,41-43,51,54,60,63,74H,4-6,13-15,22-24,29-30,35-36,40,44-50,52-53,55-59,61-62,64-73H2,1-3H3/b10-7-,11-8-,12-9-,19-16-,20-17-,21-18-,27-25-,28-26-,33-31-,34-32-,38-37-,42-39-,43-41-,54-51-,63-60-. The molecule has 0 spiro atoms. The molecule has 83 heavy (non-hydrogen) atoms. The van der Waals surface area contributed by atoms with Crippen LogP contribution in [0, 0.1) is 0 Å². The first-order valence-electron chi connectivity index (χ1n) is 33.3. The van der Waals surface area contributed by atoms with Crippen LogP contribution in [0.3, 0.4) is 0 Å². The number of hydrogen-bond donors (Lipinski definition) is 0. The summed E-state index contributed by atoms with van der Waals surface area (Å²) in [7, 11) is 0. The third kappa shape index (κ3) is 67.2. The van der Waals surface area contributed by atoms with E-state index in [1.54, 1.807) is 0 Å². The number of unbranched alkanes of at least 4 members (excludes halogenated alkanes) is 17. The van der Waals surface area contributed by atoms with Crippen molar-refractivity contribution in [2.75, 3.05) is 13.2 Å². The molecule has 0 aliphatic carbocycles. The molecule has 0 saturated carbocycles. The molecule has 0 aromatic heterocycles. The molecule has 1 unspecified atom stereocenters. The van der Waals surface area contributed by atoms with Crippen molar-refractivity contribution in [2.24, 2.45) is 0 Å². The highest BCUT2D eigenvalue weighted by molar-refractivity contribution is 5.71. The predicted octanol–water partition coefficient (Wildman–Crippen LogP) is 23.2. The third-order valence-electron chi connectivity index (χ3n) is 13.4. The van der Waals surface area contributed by atoms with Crippen molar-refractivity contribution < 1.29 is 28.6 Å². The highest BCUT2D eigenvalue weighted by Crippen LogP contribution is 2.15. The van der Waals surface area contributed by atoms with Gasteiger partial charge in [-0.25, -0.2) is 0 Å². The van der Waals surface area contributed by atoms with Gasteiger partial charge < -0.3 is 14.2 Å². The fourth-order valence-corrected chi connectivity index (χ4v) is 8.55. The van der Waals surface area contributed by atoms with E-state index < -0.39 is 6.10 Å². The number of allylic oxidation sites excluding steroid dienone is 30. The largest absolute Gasteiger partial charge is 0.462 e. The zero-order chi connectivity index (χ0) is 59.9. The minimum Gasteiger partial charge on any atom is -0.462 e. The van der Waals surface area contributed by atoms with Crippen LogP contribution >= 0.6 is 0 Å². The van der Waals surface area contributed by atoms with Crippen LogP contribution in [0.4, 0.5) is 0 Å². The van der Waals surface area contributed by atoms with Crippen LogP contribution in [0.1, 0.15) is 265 Å². The molecule has 0 aliphatic heterocycles. The zero-order valence-corrected chi connectivity index (χ0v) is 53.1. The van der Waals surface area contributed by atoms with Crippen molar-refractivity contribution in [1.82, 2.24) is 0 Å². The van der Waals surface area contributed by atoms with Gasteiger partial charge in [-0.3, -0.25) is 14.4 Å². The molecular formula is C77H120O6. The van der Waals surface area contributed by atoms with Crippen LogP contribution in [-0.2, 0) is 28.6 Å². The van der Waals surface area contributed by atoms with Crippen molar-refractivity contribution in [1.29, 1.82) is 0 Å². The zero-order valence-electron chi connectivity index (χ0n) is 53.1. The number of carbonyl (C=O) groups excluding carboxylic acids is 3. The molecule has 0 aliphatic rings. The van der Waals surface area contributed by atoms with Gasteiger partial charge in [-0.15, -0.1) is 0 Å². The van der Waals surface area contributed by atoms with Crippen LogP contribution in [0.25, 0.3) is 0 Å². The van der Waals surface area contributed by atoms with Crippen LogP contribution in [0.15, 0.2) is 182 Å². The van der Waals surface area contributed by atoms with Crippen molar-refractivity contribution in [3.8, 4) is 0 Å². The van der Waals surface area contributed by atoms with Crippen molar-refractivity contribution in [3.05, 3.63) is 182 Å². The quantitative estimate of drug-likeness (QED) is 0.0261. The average Bonchev–Trinajstić information content (AvgIpc) is 3.49. The Balaban J connectivity index is 4.42. The Kier molecular flexibility index (Phi) is 64.4. The third-order valence-corrected chi connectivity index (χ3v) is 13.4. The molecular weight excluding hydrogens is 1020 g/mol. The summed E-state index contributed by atoms with van der Waals surface area (Å²) in [6, 6.07) is 0. The molecule has 0 rings (SSSR count). The molecule has 6 nitrogen and oxygen atoms in total. The molecule has 464 valence electrons. The fourth-order valence-electron chi connectivity index (χ4n) is 8.55. The minimum atomic E-state index is -0.826. The van der Waals surface area contributed by atoms with Gasteiger partial charge in [-0.1, -0.05) is 287 Å². The van der Waals surface area contributed by atoms with E-state index in [-0.39, 0.29) is 37.5 Å². The van der Waals surface area contributed by atoms with E-state index in [1.807, 2.05) is 6.08 Å². The van der Waals surface area contributed by atoms with Gasteiger partial charge in [0.1, 0.15) is 13.2 Å². The molecule has 0 aromatic carbocycles. The molecule has 0 radical (unpaired) electrons. The number of rotatable bonds is 58. The van der Waals surface area contributed by atoms with Crippen LogP contribution in [-0.4, -0.2) is 37.2 Å². The average molecular weight is 1140 g/mol. The summed E-state index contributed by atoms with van der Waals surface area (Å²) >= 11 is 0. The molecule has 1 atom stereocenters. The van der Waals surface area contributed by atoms with Gasteiger partial charge in [0.25, 0.3) is 0 Å². The Hall–Kier alpha value is -5.49. The molecule has 0 amide bonds. The smallest absolute Gasteiger partial charge is 0.306 e. The SMILES string of the molecule is CC/C=C\C/C=C\C/C=C\C/C=C\C/C=C\C/C=C\CCCCCCCCCCC(=O)OCC(COC(=O)CC/C=C\C/C=C\C/C=C\C/C=C\CC)OC(=O)CCCCCCCCCCC/C=C\C/C=C\C/C=C\C/C=C\C/C=C\CC. The number of esters is 3. The second-order valence-corrected chi connectivity index (χ2v) is 21.2. The van der Waals surface area contributed by atoms with E-state index in [4.69, 9.17) is 14.2 Å². The minimum absolute atomic E-state index is 0.115. The number of carbonyl (C=O) groups is 3. The predicted molar refractivity (Wildman–Crippen MR) is 361 cm³/mol. The molecule has 0 bridgehead atoms. The maximum atomic E-state index is 12.9.